The van der Waals surface area contributed by atoms with Crippen molar-refractivity contribution in [3.05, 3.63) is 35.9 Å². The van der Waals surface area contributed by atoms with E-state index in [1.807, 2.05) is 25.1 Å². The minimum atomic E-state index is -0.882. The zero-order valence-electron chi connectivity index (χ0n) is 14.5. The number of hydrogen-bond acceptors (Lipinski definition) is 2. The Bertz CT molecular complexity index is 464. The third kappa shape index (κ3) is 6.94. The summed E-state index contributed by atoms with van der Waals surface area (Å²) in [5.74, 6) is 0. The van der Waals surface area contributed by atoms with Gasteiger partial charge in [-0.15, -0.1) is 0 Å². The van der Waals surface area contributed by atoms with Crippen molar-refractivity contribution in [2.45, 2.75) is 46.6 Å². The monoisotopic (exact) mass is 306 g/mol. The van der Waals surface area contributed by atoms with Crippen molar-refractivity contribution in [3.8, 4) is 0 Å². The van der Waals surface area contributed by atoms with Crippen molar-refractivity contribution < 1.29 is 9.90 Å². The molecule has 22 heavy (non-hydrogen) atoms. The maximum atomic E-state index is 12.3. The first kappa shape index (κ1) is 18.5. The lowest BCUT2D eigenvalue weighted by Crippen LogP contribution is -2.48. The summed E-state index contributed by atoms with van der Waals surface area (Å²) in [5.41, 5.74) is 0.364. The Morgan fingerprint density at radius 1 is 1.18 bits per heavy atom. The molecule has 0 aliphatic rings. The number of carbonyl (C=O) groups is 1. The van der Waals surface area contributed by atoms with Crippen molar-refractivity contribution in [1.29, 1.82) is 0 Å². The summed E-state index contributed by atoms with van der Waals surface area (Å²) >= 11 is 0. The quantitative estimate of drug-likeness (QED) is 0.813. The van der Waals surface area contributed by atoms with Crippen LogP contribution in [0.4, 0.5) is 4.79 Å². The zero-order chi connectivity index (χ0) is 16.8. The molecule has 0 bridgehead atoms. The van der Waals surface area contributed by atoms with Crippen molar-refractivity contribution in [1.82, 2.24) is 10.2 Å². The zero-order valence-corrected chi connectivity index (χ0v) is 14.5. The van der Waals surface area contributed by atoms with Crippen LogP contribution in [-0.2, 0) is 6.42 Å². The Kier molecular flexibility index (Phi) is 6.42. The Labute approximate surface area is 134 Å². The number of nitrogens with zero attached hydrogens (tertiary/aromatic N) is 1. The van der Waals surface area contributed by atoms with Gasteiger partial charge in [-0.25, -0.2) is 4.79 Å². The van der Waals surface area contributed by atoms with Gasteiger partial charge < -0.3 is 15.3 Å². The number of amides is 2. The van der Waals surface area contributed by atoms with Crippen LogP contribution >= 0.6 is 0 Å². The van der Waals surface area contributed by atoms with Crippen LogP contribution in [0.2, 0.25) is 0 Å². The fourth-order valence-electron chi connectivity index (χ4n) is 2.43. The number of nitrogens with one attached hydrogen (secondary N) is 1. The molecule has 1 aromatic carbocycles. The average Bonchev–Trinajstić information content (AvgIpc) is 2.42. The maximum absolute atomic E-state index is 12.3. The fraction of sp³-hybridized carbons (Fsp3) is 0.611. The van der Waals surface area contributed by atoms with E-state index in [4.69, 9.17) is 0 Å². The molecule has 0 atom stereocenters. The van der Waals surface area contributed by atoms with Gasteiger partial charge in [0.1, 0.15) is 0 Å². The molecule has 0 spiro atoms. The highest BCUT2D eigenvalue weighted by atomic mass is 16.3. The molecular formula is C18H30N2O2. The normalized spacial score (nSPS) is 12.1. The molecule has 1 aromatic rings. The number of likely N-dealkylation sites (N-methyl/N-ethyl adjacent to an activating group) is 1. The average molecular weight is 306 g/mol. The van der Waals surface area contributed by atoms with Gasteiger partial charge in [-0.05, 0) is 38.2 Å². The van der Waals surface area contributed by atoms with Crippen LogP contribution in [0.15, 0.2) is 30.3 Å². The van der Waals surface area contributed by atoms with E-state index < -0.39 is 5.60 Å². The molecule has 0 aliphatic carbocycles. The van der Waals surface area contributed by atoms with E-state index in [-0.39, 0.29) is 11.4 Å². The van der Waals surface area contributed by atoms with Gasteiger partial charge in [-0.2, -0.15) is 0 Å². The lowest BCUT2D eigenvalue weighted by molar-refractivity contribution is 0.0476. The predicted octanol–water partition coefficient (Wildman–Crippen LogP) is 3.06. The van der Waals surface area contributed by atoms with Crippen LogP contribution in [-0.4, -0.2) is 41.3 Å². The summed E-state index contributed by atoms with van der Waals surface area (Å²) in [7, 11) is 0. The lowest BCUT2D eigenvalue weighted by Gasteiger charge is -2.31. The van der Waals surface area contributed by atoms with Crippen LogP contribution in [0, 0.1) is 5.41 Å². The van der Waals surface area contributed by atoms with E-state index in [0.29, 0.717) is 19.6 Å². The van der Waals surface area contributed by atoms with Crippen molar-refractivity contribution in [2.75, 3.05) is 19.6 Å². The molecule has 0 fully saturated rings. The van der Waals surface area contributed by atoms with Gasteiger partial charge in [-0.3, -0.25) is 0 Å². The van der Waals surface area contributed by atoms with Gasteiger partial charge in [-0.1, -0.05) is 44.2 Å². The van der Waals surface area contributed by atoms with Crippen LogP contribution in [0.1, 0.15) is 40.2 Å². The second-order valence-corrected chi connectivity index (χ2v) is 7.31. The Balaban J connectivity index is 2.54. The highest BCUT2D eigenvalue weighted by molar-refractivity contribution is 5.74. The predicted molar refractivity (Wildman–Crippen MR) is 90.9 cm³/mol. The van der Waals surface area contributed by atoms with Crippen LogP contribution in [0.5, 0.6) is 0 Å². The van der Waals surface area contributed by atoms with Gasteiger partial charge in [0.2, 0.25) is 0 Å². The smallest absolute Gasteiger partial charge is 0.317 e. The number of hydrogen-bond donors (Lipinski definition) is 2. The number of carbonyl (C=O) groups excluding carboxylic acids is 1. The molecular weight excluding hydrogens is 276 g/mol. The minimum absolute atomic E-state index is 0.0227. The molecule has 0 unspecified atom stereocenters. The van der Waals surface area contributed by atoms with E-state index in [9.17, 15) is 9.90 Å². The van der Waals surface area contributed by atoms with Crippen molar-refractivity contribution >= 4 is 6.03 Å². The Morgan fingerprint density at radius 3 is 2.27 bits per heavy atom. The van der Waals surface area contributed by atoms with Gasteiger partial charge >= 0.3 is 6.03 Å². The SMILES string of the molecule is CCN(CC(C)(C)O)C(=O)NCC(C)(C)Cc1ccccc1. The Morgan fingerprint density at radius 2 is 1.77 bits per heavy atom. The molecule has 2 N–H and O–H groups in total. The lowest BCUT2D eigenvalue weighted by atomic mass is 9.86. The van der Waals surface area contributed by atoms with Crippen molar-refractivity contribution in [2.24, 2.45) is 5.41 Å². The molecule has 1 rings (SSSR count). The van der Waals surface area contributed by atoms with Crippen LogP contribution in [0.25, 0.3) is 0 Å². The fourth-order valence-corrected chi connectivity index (χ4v) is 2.43. The molecule has 0 radical (unpaired) electrons. The number of rotatable bonds is 7. The second-order valence-electron chi connectivity index (χ2n) is 7.31. The standard InChI is InChI=1S/C18H30N2O2/c1-6-20(14-18(4,5)22)16(21)19-13-17(2,3)12-15-10-8-7-9-11-15/h7-11,22H,6,12-14H2,1-5H3,(H,19,21). The van der Waals surface area contributed by atoms with E-state index in [1.54, 1.807) is 18.7 Å². The molecule has 124 valence electrons. The number of aliphatic hydroxyl groups is 1. The third-order valence-corrected chi connectivity index (χ3v) is 3.49. The summed E-state index contributed by atoms with van der Waals surface area (Å²) in [4.78, 5) is 13.9. The minimum Gasteiger partial charge on any atom is -0.389 e. The summed E-state index contributed by atoms with van der Waals surface area (Å²) in [5, 5.41) is 12.9. The van der Waals surface area contributed by atoms with Gasteiger partial charge in [0.05, 0.1) is 12.1 Å². The summed E-state index contributed by atoms with van der Waals surface area (Å²) in [6.45, 7) is 11.1. The van der Waals surface area contributed by atoms with Crippen LogP contribution < -0.4 is 5.32 Å². The molecule has 0 saturated carbocycles. The van der Waals surface area contributed by atoms with Crippen molar-refractivity contribution in [3.63, 3.8) is 0 Å². The van der Waals surface area contributed by atoms with E-state index in [0.717, 1.165) is 6.42 Å². The van der Waals surface area contributed by atoms with Gasteiger partial charge in [0.25, 0.3) is 0 Å². The molecule has 0 aliphatic heterocycles. The highest BCUT2D eigenvalue weighted by Gasteiger charge is 2.24. The van der Waals surface area contributed by atoms with Gasteiger partial charge in [0, 0.05) is 13.1 Å². The van der Waals surface area contributed by atoms with Gasteiger partial charge in [0.15, 0.2) is 0 Å². The summed E-state index contributed by atoms with van der Waals surface area (Å²) in [6.07, 6.45) is 0.908. The number of urea groups is 1. The highest BCUT2D eigenvalue weighted by Crippen LogP contribution is 2.20. The molecule has 4 heteroatoms. The maximum Gasteiger partial charge on any atom is 0.317 e. The van der Waals surface area contributed by atoms with Crippen LogP contribution in [0.3, 0.4) is 0 Å². The molecule has 0 aromatic heterocycles. The van der Waals surface area contributed by atoms with E-state index >= 15 is 0 Å². The summed E-state index contributed by atoms with van der Waals surface area (Å²) < 4.78 is 0. The first-order valence-electron chi connectivity index (χ1n) is 7.92. The molecule has 2 amide bonds. The summed E-state index contributed by atoms with van der Waals surface area (Å²) in [6, 6.07) is 10.2. The second kappa shape index (κ2) is 7.63. The Hall–Kier alpha value is -1.55. The number of benzene rings is 1. The largest absolute Gasteiger partial charge is 0.389 e. The topological polar surface area (TPSA) is 52.6 Å². The van der Waals surface area contributed by atoms with E-state index in [2.05, 4.69) is 31.3 Å². The third-order valence-electron chi connectivity index (χ3n) is 3.49. The first-order valence-corrected chi connectivity index (χ1v) is 7.92. The molecule has 0 saturated heterocycles. The first-order chi connectivity index (χ1) is 10.1. The molecule has 0 heterocycles. The molecule has 4 nitrogen and oxygen atoms in total. The van der Waals surface area contributed by atoms with E-state index in [1.165, 1.54) is 5.56 Å².